The Hall–Kier alpha value is -3.04. The zero-order chi connectivity index (χ0) is 19.1. The molecule has 0 radical (unpaired) electrons. The standard InChI is InChI=1S/C24H19ClN2O/c25-20-12-6-4-11-19(20)24(28)27-15-14-18-17-10-5-7-13-21(17)26-22(18)23(27)16-8-2-1-3-9-16/h1-13,23,26H,14-15H2/t23-/m1/s1. The molecule has 4 heteroatoms. The monoisotopic (exact) mass is 386 g/mol. The van der Waals surface area contributed by atoms with Gasteiger partial charge in [-0.3, -0.25) is 4.79 Å². The number of nitrogens with zero attached hydrogens (tertiary/aromatic N) is 1. The number of fused-ring (bicyclic) bond motifs is 3. The van der Waals surface area contributed by atoms with Crippen molar-refractivity contribution in [1.29, 1.82) is 0 Å². The molecule has 3 nitrogen and oxygen atoms in total. The summed E-state index contributed by atoms with van der Waals surface area (Å²) in [5, 5.41) is 1.73. The fourth-order valence-electron chi connectivity index (χ4n) is 4.23. The van der Waals surface area contributed by atoms with Gasteiger partial charge in [-0.2, -0.15) is 0 Å². The third-order valence-electron chi connectivity index (χ3n) is 5.51. The Morgan fingerprint density at radius 1 is 0.929 bits per heavy atom. The van der Waals surface area contributed by atoms with Gasteiger partial charge in [-0.15, -0.1) is 0 Å². The van der Waals surface area contributed by atoms with Gasteiger partial charge in [0.2, 0.25) is 0 Å². The molecule has 0 saturated carbocycles. The molecule has 1 atom stereocenters. The van der Waals surface area contributed by atoms with Crippen LogP contribution in [0.4, 0.5) is 0 Å². The van der Waals surface area contributed by atoms with E-state index < -0.39 is 0 Å². The van der Waals surface area contributed by atoms with E-state index in [9.17, 15) is 4.79 Å². The number of hydrogen-bond donors (Lipinski definition) is 1. The van der Waals surface area contributed by atoms with Gasteiger partial charge >= 0.3 is 0 Å². The van der Waals surface area contributed by atoms with E-state index in [0.29, 0.717) is 17.1 Å². The summed E-state index contributed by atoms with van der Waals surface area (Å²) >= 11 is 6.34. The summed E-state index contributed by atoms with van der Waals surface area (Å²) < 4.78 is 0. The van der Waals surface area contributed by atoms with E-state index in [0.717, 1.165) is 23.2 Å². The van der Waals surface area contributed by atoms with Crippen molar-refractivity contribution in [2.24, 2.45) is 0 Å². The lowest BCUT2D eigenvalue weighted by atomic mass is 9.91. The van der Waals surface area contributed by atoms with Gasteiger partial charge in [0.15, 0.2) is 0 Å². The molecule has 138 valence electrons. The van der Waals surface area contributed by atoms with Gasteiger partial charge in [0, 0.05) is 23.1 Å². The number of hydrogen-bond acceptors (Lipinski definition) is 1. The number of carbonyl (C=O) groups excluding carboxylic acids is 1. The highest BCUT2D eigenvalue weighted by Gasteiger charge is 2.35. The molecule has 5 rings (SSSR count). The van der Waals surface area contributed by atoms with Crippen LogP contribution >= 0.6 is 11.6 Å². The second kappa shape index (κ2) is 6.84. The number of para-hydroxylation sites is 1. The number of carbonyl (C=O) groups is 1. The lowest BCUT2D eigenvalue weighted by Gasteiger charge is -2.36. The fourth-order valence-corrected chi connectivity index (χ4v) is 4.45. The van der Waals surface area contributed by atoms with Crippen molar-refractivity contribution < 1.29 is 4.79 Å². The summed E-state index contributed by atoms with van der Waals surface area (Å²) in [6, 6.07) is 25.6. The van der Waals surface area contributed by atoms with Crippen LogP contribution in [0.25, 0.3) is 10.9 Å². The topological polar surface area (TPSA) is 36.1 Å². The highest BCUT2D eigenvalue weighted by Crippen LogP contribution is 2.39. The molecule has 0 saturated heterocycles. The van der Waals surface area contributed by atoms with Crippen LogP contribution in [0.5, 0.6) is 0 Å². The SMILES string of the molecule is O=C(c1ccccc1Cl)N1CCc2c([nH]c3ccccc23)[C@H]1c1ccccc1. The maximum absolute atomic E-state index is 13.5. The summed E-state index contributed by atoms with van der Waals surface area (Å²) in [4.78, 5) is 19.0. The Labute approximate surface area is 168 Å². The van der Waals surface area contributed by atoms with Crippen LogP contribution in [0.3, 0.4) is 0 Å². The maximum atomic E-state index is 13.5. The van der Waals surface area contributed by atoms with E-state index in [1.54, 1.807) is 12.1 Å². The quantitative estimate of drug-likeness (QED) is 0.477. The molecule has 4 aromatic rings. The lowest BCUT2D eigenvalue weighted by molar-refractivity contribution is 0.0692. The number of aromatic nitrogens is 1. The smallest absolute Gasteiger partial charge is 0.256 e. The Morgan fingerprint density at radius 2 is 1.64 bits per heavy atom. The van der Waals surface area contributed by atoms with Crippen molar-refractivity contribution in [3.05, 3.63) is 106 Å². The summed E-state index contributed by atoms with van der Waals surface area (Å²) in [5.74, 6) is -0.0382. The van der Waals surface area contributed by atoms with Gasteiger partial charge in [0.25, 0.3) is 5.91 Å². The Bertz CT molecular complexity index is 1170. The summed E-state index contributed by atoms with van der Waals surface area (Å²) in [6.07, 6.45) is 0.818. The molecular weight excluding hydrogens is 368 g/mol. The van der Waals surface area contributed by atoms with Gasteiger partial charge in [0.05, 0.1) is 16.6 Å². The third kappa shape index (κ3) is 2.71. The predicted octanol–water partition coefficient (Wildman–Crippen LogP) is 5.61. The molecule has 1 aliphatic rings. The van der Waals surface area contributed by atoms with Crippen LogP contribution in [0.15, 0.2) is 78.9 Å². The minimum absolute atomic E-state index is 0.0382. The number of rotatable bonds is 2. The van der Waals surface area contributed by atoms with Crippen molar-refractivity contribution in [2.45, 2.75) is 12.5 Å². The predicted molar refractivity (Wildman–Crippen MR) is 113 cm³/mol. The largest absolute Gasteiger partial charge is 0.356 e. The molecule has 2 heterocycles. The first-order valence-electron chi connectivity index (χ1n) is 9.44. The highest BCUT2D eigenvalue weighted by atomic mass is 35.5. The summed E-state index contributed by atoms with van der Waals surface area (Å²) in [6.45, 7) is 0.651. The minimum atomic E-state index is -0.166. The molecule has 1 N–H and O–H groups in total. The Balaban J connectivity index is 1.68. The van der Waals surface area contributed by atoms with E-state index in [-0.39, 0.29) is 11.9 Å². The second-order valence-corrected chi connectivity index (χ2v) is 7.51. The first-order valence-corrected chi connectivity index (χ1v) is 9.82. The van der Waals surface area contributed by atoms with Gasteiger partial charge in [-0.05, 0) is 35.7 Å². The molecule has 28 heavy (non-hydrogen) atoms. The van der Waals surface area contributed by atoms with E-state index in [1.807, 2.05) is 41.3 Å². The van der Waals surface area contributed by atoms with Crippen molar-refractivity contribution >= 4 is 28.4 Å². The number of aromatic amines is 1. The number of halogens is 1. The number of amides is 1. The van der Waals surface area contributed by atoms with Crippen LogP contribution in [0, 0.1) is 0 Å². The van der Waals surface area contributed by atoms with Gasteiger partial charge < -0.3 is 9.88 Å². The maximum Gasteiger partial charge on any atom is 0.256 e. The Kier molecular flexibility index (Phi) is 4.18. The normalized spacial score (nSPS) is 16.2. The van der Waals surface area contributed by atoms with Crippen LogP contribution in [-0.4, -0.2) is 22.3 Å². The van der Waals surface area contributed by atoms with Crippen molar-refractivity contribution in [2.75, 3.05) is 6.54 Å². The average Bonchev–Trinajstić information content (AvgIpc) is 3.12. The van der Waals surface area contributed by atoms with Crippen LogP contribution in [-0.2, 0) is 6.42 Å². The molecule has 1 aromatic heterocycles. The molecule has 0 unspecified atom stereocenters. The van der Waals surface area contributed by atoms with E-state index in [1.165, 1.54) is 10.9 Å². The molecule has 0 spiro atoms. The first-order chi connectivity index (χ1) is 13.7. The average molecular weight is 387 g/mol. The van der Waals surface area contributed by atoms with Crippen LogP contribution < -0.4 is 0 Å². The Morgan fingerprint density at radius 3 is 2.46 bits per heavy atom. The fraction of sp³-hybridized carbons (Fsp3) is 0.125. The van der Waals surface area contributed by atoms with Gasteiger partial charge in [-0.25, -0.2) is 0 Å². The lowest BCUT2D eigenvalue weighted by Crippen LogP contribution is -2.40. The van der Waals surface area contributed by atoms with Crippen LogP contribution in [0.1, 0.15) is 33.2 Å². The van der Waals surface area contributed by atoms with E-state index in [4.69, 9.17) is 11.6 Å². The molecule has 3 aromatic carbocycles. The van der Waals surface area contributed by atoms with Crippen LogP contribution in [0.2, 0.25) is 5.02 Å². The molecule has 0 bridgehead atoms. The van der Waals surface area contributed by atoms with Gasteiger partial charge in [0.1, 0.15) is 0 Å². The highest BCUT2D eigenvalue weighted by molar-refractivity contribution is 6.33. The second-order valence-electron chi connectivity index (χ2n) is 7.10. The molecule has 1 aliphatic heterocycles. The number of nitrogens with one attached hydrogen (secondary N) is 1. The summed E-state index contributed by atoms with van der Waals surface area (Å²) in [5.41, 5.74) is 5.15. The molecular formula is C24H19ClN2O. The zero-order valence-corrected chi connectivity index (χ0v) is 16.0. The van der Waals surface area contributed by atoms with E-state index >= 15 is 0 Å². The van der Waals surface area contributed by atoms with E-state index in [2.05, 4.69) is 35.3 Å². The minimum Gasteiger partial charge on any atom is -0.356 e. The molecule has 1 amide bonds. The molecule has 0 fully saturated rings. The number of H-pyrrole nitrogens is 1. The number of benzene rings is 3. The zero-order valence-electron chi connectivity index (χ0n) is 15.2. The van der Waals surface area contributed by atoms with Crippen molar-refractivity contribution in [1.82, 2.24) is 9.88 Å². The third-order valence-corrected chi connectivity index (χ3v) is 5.84. The first kappa shape index (κ1) is 17.1. The van der Waals surface area contributed by atoms with Crippen molar-refractivity contribution in [3.8, 4) is 0 Å². The van der Waals surface area contributed by atoms with Gasteiger partial charge in [-0.1, -0.05) is 72.3 Å². The van der Waals surface area contributed by atoms with Crippen molar-refractivity contribution in [3.63, 3.8) is 0 Å². The summed E-state index contributed by atoms with van der Waals surface area (Å²) in [7, 11) is 0. The molecule has 0 aliphatic carbocycles.